The van der Waals surface area contributed by atoms with Gasteiger partial charge in [0.1, 0.15) is 0 Å². The van der Waals surface area contributed by atoms with Crippen LogP contribution in [0, 0.1) is 0 Å². The third-order valence-corrected chi connectivity index (χ3v) is 4.79. The van der Waals surface area contributed by atoms with Gasteiger partial charge >= 0.3 is 0 Å². The molecule has 0 atom stereocenters. The third-order valence-electron chi connectivity index (χ3n) is 4.79. The number of hydrogen-bond acceptors (Lipinski definition) is 3. The second-order valence-corrected chi connectivity index (χ2v) is 7.31. The average Bonchev–Trinajstić information content (AvgIpc) is 2.60. The summed E-state index contributed by atoms with van der Waals surface area (Å²) in [6, 6.07) is 9.73. The minimum Gasteiger partial charge on any atom is -0.378 e. The fourth-order valence-corrected chi connectivity index (χ4v) is 3.18. The van der Waals surface area contributed by atoms with Gasteiger partial charge < -0.3 is 20.4 Å². The van der Waals surface area contributed by atoms with E-state index in [0.717, 1.165) is 12.5 Å². The molecular weight excluding hydrogens is 310 g/mol. The standard InChI is InChI=1S/C20H35N5/c1-6-21-20(23-18-10-12-25(13-11-18)16(2)3)22-15-17-8-7-9-19(14-17)24(4)5/h7-9,14,16,18H,6,10-13,15H2,1-5H3,(H2,21,22,23). The van der Waals surface area contributed by atoms with Gasteiger partial charge in [0.15, 0.2) is 5.96 Å². The number of rotatable bonds is 6. The predicted octanol–water partition coefficient (Wildman–Crippen LogP) is 2.68. The van der Waals surface area contributed by atoms with Crippen molar-refractivity contribution in [1.29, 1.82) is 0 Å². The molecule has 0 unspecified atom stereocenters. The summed E-state index contributed by atoms with van der Waals surface area (Å²) in [6.07, 6.45) is 2.36. The van der Waals surface area contributed by atoms with E-state index < -0.39 is 0 Å². The number of likely N-dealkylation sites (tertiary alicyclic amines) is 1. The lowest BCUT2D eigenvalue weighted by molar-refractivity contribution is 0.167. The SMILES string of the molecule is CCNC(=NCc1cccc(N(C)C)c1)NC1CCN(C(C)C)CC1. The molecule has 5 nitrogen and oxygen atoms in total. The summed E-state index contributed by atoms with van der Waals surface area (Å²) >= 11 is 0. The molecule has 0 aromatic heterocycles. The van der Waals surface area contributed by atoms with Gasteiger partial charge in [-0.1, -0.05) is 12.1 Å². The van der Waals surface area contributed by atoms with E-state index in [2.05, 4.69) is 79.6 Å². The topological polar surface area (TPSA) is 42.9 Å². The Balaban J connectivity index is 1.93. The monoisotopic (exact) mass is 345 g/mol. The van der Waals surface area contributed by atoms with Crippen molar-refractivity contribution in [1.82, 2.24) is 15.5 Å². The molecule has 0 amide bonds. The molecule has 1 aromatic rings. The zero-order valence-electron chi connectivity index (χ0n) is 16.5. The van der Waals surface area contributed by atoms with E-state index in [1.54, 1.807) is 0 Å². The number of benzene rings is 1. The lowest BCUT2D eigenvalue weighted by Crippen LogP contribution is -2.49. The molecule has 140 valence electrons. The van der Waals surface area contributed by atoms with Gasteiger partial charge in [0, 0.05) is 51.5 Å². The van der Waals surface area contributed by atoms with E-state index in [1.165, 1.54) is 37.2 Å². The maximum absolute atomic E-state index is 4.79. The lowest BCUT2D eigenvalue weighted by Gasteiger charge is -2.35. The van der Waals surface area contributed by atoms with Crippen LogP contribution in [0.3, 0.4) is 0 Å². The predicted molar refractivity (Wildman–Crippen MR) is 108 cm³/mol. The molecule has 0 spiro atoms. The molecule has 0 radical (unpaired) electrons. The van der Waals surface area contributed by atoms with Crippen LogP contribution in [-0.2, 0) is 6.54 Å². The fraction of sp³-hybridized carbons (Fsp3) is 0.650. The van der Waals surface area contributed by atoms with Gasteiger partial charge in [0.2, 0.25) is 0 Å². The van der Waals surface area contributed by atoms with Crippen LogP contribution in [0.1, 0.15) is 39.2 Å². The summed E-state index contributed by atoms with van der Waals surface area (Å²) in [5.41, 5.74) is 2.45. The van der Waals surface area contributed by atoms with Crippen LogP contribution < -0.4 is 15.5 Å². The Kier molecular flexibility index (Phi) is 7.56. The number of piperidine rings is 1. The summed E-state index contributed by atoms with van der Waals surface area (Å²) in [4.78, 5) is 9.47. The Bertz CT molecular complexity index is 545. The van der Waals surface area contributed by atoms with Crippen molar-refractivity contribution in [2.24, 2.45) is 4.99 Å². The first-order valence-corrected chi connectivity index (χ1v) is 9.54. The molecule has 2 rings (SSSR count). The molecule has 5 heteroatoms. The largest absolute Gasteiger partial charge is 0.378 e. The highest BCUT2D eigenvalue weighted by molar-refractivity contribution is 5.80. The van der Waals surface area contributed by atoms with Crippen LogP contribution in [0.4, 0.5) is 5.69 Å². The van der Waals surface area contributed by atoms with Crippen LogP contribution in [-0.4, -0.2) is 56.7 Å². The van der Waals surface area contributed by atoms with E-state index in [4.69, 9.17) is 4.99 Å². The van der Waals surface area contributed by atoms with Crippen LogP contribution in [0.25, 0.3) is 0 Å². The minimum absolute atomic E-state index is 0.515. The quantitative estimate of drug-likeness (QED) is 0.614. The van der Waals surface area contributed by atoms with Gasteiger partial charge in [-0.15, -0.1) is 0 Å². The number of aliphatic imine (C=N–C) groups is 1. The van der Waals surface area contributed by atoms with Gasteiger partial charge in [-0.3, -0.25) is 0 Å². The Morgan fingerprint density at radius 3 is 2.60 bits per heavy atom. The number of anilines is 1. The molecule has 0 saturated carbocycles. The van der Waals surface area contributed by atoms with Crippen molar-refractivity contribution in [3.8, 4) is 0 Å². The van der Waals surface area contributed by atoms with Crippen LogP contribution in [0.5, 0.6) is 0 Å². The summed E-state index contributed by atoms with van der Waals surface area (Å²) in [7, 11) is 4.13. The van der Waals surface area contributed by atoms with E-state index >= 15 is 0 Å². The highest BCUT2D eigenvalue weighted by Gasteiger charge is 2.21. The molecular formula is C20H35N5. The van der Waals surface area contributed by atoms with Crippen molar-refractivity contribution in [3.05, 3.63) is 29.8 Å². The molecule has 25 heavy (non-hydrogen) atoms. The maximum atomic E-state index is 4.79. The average molecular weight is 346 g/mol. The Labute approximate surface area is 153 Å². The Morgan fingerprint density at radius 1 is 1.28 bits per heavy atom. The third kappa shape index (κ3) is 6.24. The Morgan fingerprint density at radius 2 is 2.00 bits per heavy atom. The molecule has 1 saturated heterocycles. The Hall–Kier alpha value is -1.75. The summed E-state index contributed by atoms with van der Waals surface area (Å²) in [5, 5.41) is 7.01. The minimum atomic E-state index is 0.515. The van der Waals surface area contributed by atoms with E-state index in [0.29, 0.717) is 18.6 Å². The smallest absolute Gasteiger partial charge is 0.191 e. The first-order valence-electron chi connectivity index (χ1n) is 9.54. The number of nitrogens with one attached hydrogen (secondary N) is 2. The van der Waals surface area contributed by atoms with Crippen LogP contribution in [0.15, 0.2) is 29.3 Å². The molecule has 1 aromatic carbocycles. The number of hydrogen-bond donors (Lipinski definition) is 2. The number of nitrogens with zero attached hydrogens (tertiary/aromatic N) is 3. The number of guanidine groups is 1. The summed E-state index contributed by atoms with van der Waals surface area (Å²) in [6.45, 7) is 10.6. The molecule has 1 fully saturated rings. The molecule has 0 bridgehead atoms. The zero-order chi connectivity index (χ0) is 18.2. The molecule has 2 N–H and O–H groups in total. The first-order chi connectivity index (χ1) is 12.0. The lowest BCUT2D eigenvalue weighted by atomic mass is 10.0. The highest BCUT2D eigenvalue weighted by atomic mass is 15.2. The van der Waals surface area contributed by atoms with Gasteiger partial charge in [0.25, 0.3) is 0 Å². The van der Waals surface area contributed by atoms with Gasteiger partial charge in [-0.05, 0) is 51.3 Å². The molecule has 1 aliphatic heterocycles. The van der Waals surface area contributed by atoms with Gasteiger partial charge in [-0.25, -0.2) is 4.99 Å². The van der Waals surface area contributed by atoms with Crippen molar-refractivity contribution in [2.45, 2.75) is 52.2 Å². The fourth-order valence-electron chi connectivity index (χ4n) is 3.18. The van der Waals surface area contributed by atoms with Crippen molar-refractivity contribution in [2.75, 3.05) is 38.6 Å². The summed E-state index contributed by atoms with van der Waals surface area (Å²) in [5.74, 6) is 0.931. The van der Waals surface area contributed by atoms with Crippen LogP contribution >= 0.6 is 0 Å². The van der Waals surface area contributed by atoms with Crippen molar-refractivity contribution in [3.63, 3.8) is 0 Å². The van der Waals surface area contributed by atoms with Crippen LogP contribution in [0.2, 0.25) is 0 Å². The zero-order valence-corrected chi connectivity index (χ0v) is 16.5. The highest BCUT2D eigenvalue weighted by Crippen LogP contribution is 2.15. The van der Waals surface area contributed by atoms with Crippen molar-refractivity contribution < 1.29 is 0 Å². The molecule has 1 heterocycles. The normalized spacial score (nSPS) is 17.0. The summed E-state index contributed by atoms with van der Waals surface area (Å²) < 4.78 is 0. The van der Waals surface area contributed by atoms with Gasteiger partial charge in [-0.2, -0.15) is 0 Å². The van der Waals surface area contributed by atoms with Crippen molar-refractivity contribution >= 4 is 11.6 Å². The first kappa shape index (κ1) is 19.6. The van der Waals surface area contributed by atoms with E-state index in [1.807, 2.05) is 0 Å². The maximum Gasteiger partial charge on any atom is 0.191 e. The van der Waals surface area contributed by atoms with Gasteiger partial charge in [0.05, 0.1) is 6.54 Å². The second kappa shape index (κ2) is 9.66. The van der Waals surface area contributed by atoms with E-state index in [9.17, 15) is 0 Å². The van der Waals surface area contributed by atoms with E-state index in [-0.39, 0.29) is 0 Å². The molecule has 0 aliphatic carbocycles. The second-order valence-electron chi connectivity index (χ2n) is 7.31. The molecule has 1 aliphatic rings.